The standard InChI is InChI=1S/C17H17NO3/c1-12(6-7-13-8-10-18-11-9-13)14-4-3-5-15(16(14)19)17(20)21-2/h3-5,8-11,19H,1,6-7H2,2H3. The third-order valence-electron chi connectivity index (χ3n) is 3.29. The van der Waals surface area contributed by atoms with E-state index in [-0.39, 0.29) is 11.3 Å². The Morgan fingerprint density at radius 3 is 2.57 bits per heavy atom. The first-order chi connectivity index (χ1) is 10.1. The zero-order valence-corrected chi connectivity index (χ0v) is 11.9. The van der Waals surface area contributed by atoms with E-state index in [9.17, 15) is 9.90 Å². The molecule has 0 saturated heterocycles. The van der Waals surface area contributed by atoms with Crippen LogP contribution in [-0.4, -0.2) is 23.2 Å². The Balaban J connectivity index is 2.14. The van der Waals surface area contributed by atoms with E-state index in [1.807, 2.05) is 12.1 Å². The van der Waals surface area contributed by atoms with E-state index in [4.69, 9.17) is 0 Å². The van der Waals surface area contributed by atoms with E-state index in [0.717, 1.165) is 17.6 Å². The lowest BCUT2D eigenvalue weighted by atomic mass is 9.97. The third-order valence-corrected chi connectivity index (χ3v) is 3.29. The van der Waals surface area contributed by atoms with Crippen molar-refractivity contribution < 1.29 is 14.6 Å². The highest BCUT2D eigenvalue weighted by Gasteiger charge is 2.15. The number of aryl methyl sites for hydroxylation is 1. The summed E-state index contributed by atoms with van der Waals surface area (Å²) in [7, 11) is 1.28. The van der Waals surface area contributed by atoms with Crippen molar-refractivity contribution in [2.45, 2.75) is 12.8 Å². The number of rotatable bonds is 5. The number of hydrogen-bond acceptors (Lipinski definition) is 4. The minimum Gasteiger partial charge on any atom is -0.506 e. The molecule has 1 N–H and O–H groups in total. The number of phenolic OH excluding ortho intramolecular Hbond substituents is 1. The number of aromatic hydroxyl groups is 1. The first kappa shape index (κ1) is 14.8. The molecule has 0 atom stereocenters. The summed E-state index contributed by atoms with van der Waals surface area (Å²) in [5.41, 5.74) is 2.65. The molecule has 2 rings (SSSR count). The lowest BCUT2D eigenvalue weighted by molar-refractivity contribution is 0.0597. The Morgan fingerprint density at radius 1 is 1.24 bits per heavy atom. The molecular weight excluding hydrogens is 266 g/mol. The Labute approximate surface area is 123 Å². The van der Waals surface area contributed by atoms with Gasteiger partial charge in [-0.15, -0.1) is 0 Å². The number of esters is 1. The van der Waals surface area contributed by atoms with Gasteiger partial charge in [0, 0.05) is 18.0 Å². The van der Waals surface area contributed by atoms with E-state index < -0.39 is 5.97 Å². The molecule has 0 bridgehead atoms. The van der Waals surface area contributed by atoms with Crippen LogP contribution in [0.3, 0.4) is 0 Å². The van der Waals surface area contributed by atoms with Crippen LogP contribution in [0.4, 0.5) is 0 Å². The van der Waals surface area contributed by atoms with Crippen LogP contribution in [0.1, 0.15) is 27.9 Å². The predicted molar refractivity (Wildman–Crippen MR) is 81.0 cm³/mol. The molecule has 1 aromatic heterocycles. The van der Waals surface area contributed by atoms with Crippen molar-refractivity contribution in [2.75, 3.05) is 7.11 Å². The maximum absolute atomic E-state index is 11.6. The van der Waals surface area contributed by atoms with Gasteiger partial charge < -0.3 is 9.84 Å². The number of phenols is 1. The summed E-state index contributed by atoms with van der Waals surface area (Å²) in [6, 6.07) is 8.87. The maximum atomic E-state index is 11.6. The topological polar surface area (TPSA) is 59.4 Å². The van der Waals surface area contributed by atoms with Gasteiger partial charge in [-0.1, -0.05) is 18.7 Å². The number of aromatic nitrogens is 1. The lowest BCUT2D eigenvalue weighted by Crippen LogP contribution is -2.02. The first-order valence-electron chi connectivity index (χ1n) is 6.61. The van der Waals surface area contributed by atoms with Crippen molar-refractivity contribution in [3.05, 3.63) is 66.0 Å². The van der Waals surface area contributed by atoms with Gasteiger partial charge in [0.25, 0.3) is 0 Å². The van der Waals surface area contributed by atoms with Crippen LogP contribution in [0.15, 0.2) is 49.3 Å². The van der Waals surface area contributed by atoms with Gasteiger partial charge in [-0.25, -0.2) is 4.79 Å². The molecule has 4 heteroatoms. The molecule has 4 nitrogen and oxygen atoms in total. The largest absolute Gasteiger partial charge is 0.506 e. The summed E-state index contributed by atoms with van der Waals surface area (Å²) in [4.78, 5) is 15.5. The average molecular weight is 283 g/mol. The van der Waals surface area contributed by atoms with Crippen LogP contribution < -0.4 is 0 Å². The first-order valence-corrected chi connectivity index (χ1v) is 6.61. The quantitative estimate of drug-likeness (QED) is 0.856. The molecule has 1 aromatic carbocycles. The van der Waals surface area contributed by atoms with Crippen LogP contribution >= 0.6 is 0 Å². The molecule has 0 saturated carbocycles. The molecular formula is C17H17NO3. The minimum atomic E-state index is -0.559. The van der Waals surface area contributed by atoms with Crippen LogP contribution in [-0.2, 0) is 11.2 Å². The molecule has 0 radical (unpaired) electrons. The second-order valence-corrected chi connectivity index (χ2v) is 4.65. The highest BCUT2D eigenvalue weighted by molar-refractivity contribution is 5.94. The summed E-state index contributed by atoms with van der Waals surface area (Å²) >= 11 is 0. The predicted octanol–water partition coefficient (Wildman–Crippen LogP) is 3.22. The van der Waals surface area contributed by atoms with E-state index in [1.165, 1.54) is 13.2 Å². The number of ether oxygens (including phenoxy) is 1. The Bertz CT molecular complexity index is 650. The fraction of sp³-hybridized carbons (Fsp3) is 0.176. The van der Waals surface area contributed by atoms with E-state index in [1.54, 1.807) is 24.5 Å². The summed E-state index contributed by atoms with van der Waals surface area (Å²) < 4.78 is 4.65. The van der Waals surface area contributed by atoms with Crippen molar-refractivity contribution in [2.24, 2.45) is 0 Å². The van der Waals surface area contributed by atoms with E-state index in [0.29, 0.717) is 12.0 Å². The van der Waals surface area contributed by atoms with E-state index in [2.05, 4.69) is 16.3 Å². The Kier molecular flexibility index (Phi) is 4.72. The summed E-state index contributed by atoms with van der Waals surface area (Å²) in [5.74, 6) is -0.639. The van der Waals surface area contributed by atoms with Crippen molar-refractivity contribution in [1.29, 1.82) is 0 Å². The van der Waals surface area contributed by atoms with Crippen molar-refractivity contribution in [1.82, 2.24) is 4.98 Å². The minimum absolute atomic E-state index is 0.0796. The number of carbonyl (C=O) groups is 1. The third kappa shape index (κ3) is 3.48. The lowest BCUT2D eigenvalue weighted by Gasteiger charge is -2.11. The number of benzene rings is 1. The number of hydrogen-bond donors (Lipinski definition) is 1. The SMILES string of the molecule is C=C(CCc1ccncc1)c1cccc(C(=O)OC)c1O. The van der Waals surface area contributed by atoms with Crippen molar-refractivity contribution in [3.8, 4) is 5.75 Å². The molecule has 1 heterocycles. The summed E-state index contributed by atoms with van der Waals surface area (Å²) in [6.07, 6.45) is 4.96. The number of nitrogens with zero attached hydrogens (tertiary/aromatic N) is 1. The molecule has 0 unspecified atom stereocenters. The van der Waals surface area contributed by atoms with E-state index >= 15 is 0 Å². The zero-order valence-electron chi connectivity index (χ0n) is 11.9. The van der Waals surface area contributed by atoms with Crippen LogP contribution in [0, 0.1) is 0 Å². The number of allylic oxidation sites excluding steroid dienone is 1. The number of para-hydroxylation sites is 1. The fourth-order valence-electron chi connectivity index (χ4n) is 2.08. The van der Waals surface area contributed by atoms with Gasteiger partial charge in [-0.05, 0) is 42.2 Å². The highest BCUT2D eigenvalue weighted by Crippen LogP contribution is 2.30. The number of carbonyl (C=O) groups excluding carboxylic acids is 1. The normalized spacial score (nSPS) is 10.1. The molecule has 0 fully saturated rings. The molecule has 21 heavy (non-hydrogen) atoms. The van der Waals surface area contributed by atoms with Crippen LogP contribution in [0.2, 0.25) is 0 Å². The molecule has 2 aromatic rings. The molecule has 0 aliphatic heterocycles. The van der Waals surface area contributed by atoms with Gasteiger partial charge in [0.1, 0.15) is 11.3 Å². The summed E-state index contributed by atoms with van der Waals surface area (Å²) in [5, 5.41) is 10.2. The van der Waals surface area contributed by atoms with Gasteiger partial charge in [-0.3, -0.25) is 4.98 Å². The van der Waals surface area contributed by atoms with Gasteiger partial charge in [0.05, 0.1) is 7.11 Å². The van der Waals surface area contributed by atoms with Crippen molar-refractivity contribution >= 4 is 11.5 Å². The second kappa shape index (κ2) is 6.70. The highest BCUT2D eigenvalue weighted by atomic mass is 16.5. The Hall–Kier alpha value is -2.62. The molecule has 108 valence electrons. The maximum Gasteiger partial charge on any atom is 0.341 e. The van der Waals surface area contributed by atoms with Crippen LogP contribution in [0.5, 0.6) is 5.75 Å². The van der Waals surface area contributed by atoms with Gasteiger partial charge in [0.15, 0.2) is 0 Å². The average Bonchev–Trinajstić information content (AvgIpc) is 2.53. The molecule has 0 aliphatic rings. The second-order valence-electron chi connectivity index (χ2n) is 4.65. The van der Waals surface area contributed by atoms with Gasteiger partial charge in [-0.2, -0.15) is 0 Å². The molecule has 0 aliphatic carbocycles. The number of pyridine rings is 1. The van der Waals surface area contributed by atoms with Gasteiger partial charge in [0.2, 0.25) is 0 Å². The molecule has 0 amide bonds. The van der Waals surface area contributed by atoms with Crippen molar-refractivity contribution in [3.63, 3.8) is 0 Å². The smallest absolute Gasteiger partial charge is 0.341 e. The Morgan fingerprint density at radius 2 is 1.90 bits per heavy atom. The monoisotopic (exact) mass is 283 g/mol. The van der Waals surface area contributed by atoms with Crippen LogP contribution in [0.25, 0.3) is 5.57 Å². The zero-order chi connectivity index (χ0) is 15.2. The van der Waals surface area contributed by atoms with Gasteiger partial charge >= 0.3 is 5.97 Å². The molecule has 0 spiro atoms. The fourth-order valence-corrected chi connectivity index (χ4v) is 2.08. The number of methoxy groups -OCH3 is 1. The summed E-state index contributed by atoms with van der Waals surface area (Å²) in [6.45, 7) is 4.00.